The van der Waals surface area contributed by atoms with Gasteiger partial charge in [-0.25, -0.2) is 9.69 Å². The molecule has 2 aromatic rings. The number of imide groups is 1. The van der Waals surface area contributed by atoms with Gasteiger partial charge in [0.2, 0.25) is 0 Å². The Hall–Kier alpha value is -2.30. The summed E-state index contributed by atoms with van der Waals surface area (Å²) in [6.07, 6.45) is 1.55. The van der Waals surface area contributed by atoms with Crippen LogP contribution in [0.2, 0.25) is 10.0 Å². The Kier molecular flexibility index (Phi) is 3.88. The van der Waals surface area contributed by atoms with Gasteiger partial charge in [-0.1, -0.05) is 41.4 Å². The summed E-state index contributed by atoms with van der Waals surface area (Å²) in [7, 11) is 0. The van der Waals surface area contributed by atoms with Gasteiger partial charge in [0, 0.05) is 10.0 Å². The molecule has 0 unspecified atom stereocenters. The molecular weight excluding hydrogens is 323 g/mol. The number of rotatable bonds is 2. The van der Waals surface area contributed by atoms with Crippen molar-refractivity contribution in [1.29, 1.82) is 0 Å². The molecule has 3 rings (SSSR count). The number of hydrogen-bond donors (Lipinski definition) is 1. The van der Waals surface area contributed by atoms with Crippen LogP contribution in [0.1, 0.15) is 5.56 Å². The zero-order valence-electron chi connectivity index (χ0n) is 11.2. The topological polar surface area (TPSA) is 49.4 Å². The van der Waals surface area contributed by atoms with Crippen LogP contribution in [0.3, 0.4) is 0 Å². The standard InChI is InChI=1S/C16H10Cl2N2O2/c17-11-5-7-12(8-6-11)20-15(21)14(19-16(20)22)9-10-3-1-2-4-13(10)18/h1-9H,(H,19,22)/b14-9+. The molecule has 0 radical (unpaired) electrons. The molecule has 1 fully saturated rings. The minimum Gasteiger partial charge on any atom is -0.302 e. The Balaban J connectivity index is 1.95. The molecule has 0 aliphatic carbocycles. The van der Waals surface area contributed by atoms with Gasteiger partial charge in [0.1, 0.15) is 5.70 Å². The zero-order valence-corrected chi connectivity index (χ0v) is 12.7. The highest BCUT2D eigenvalue weighted by Gasteiger charge is 2.34. The molecule has 4 nitrogen and oxygen atoms in total. The molecule has 1 N–H and O–H groups in total. The highest BCUT2D eigenvalue weighted by Crippen LogP contribution is 2.25. The lowest BCUT2D eigenvalue weighted by Gasteiger charge is -2.11. The first-order chi connectivity index (χ1) is 10.6. The SMILES string of the molecule is O=C1N/C(=C/c2ccccc2Cl)C(=O)N1c1ccc(Cl)cc1. The number of nitrogens with one attached hydrogen (secondary N) is 1. The van der Waals surface area contributed by atoms with E-state index in [1.54, 1.807) is 54.6 Å². The molecule has 1 saturated heterocycles. The van der Waals surface area contributed by atoms with E-state index in [-0.39, 0.29) is 5.70 Å². The summed E-state index contributed by atoms with van der Waals surface area (Å²) in [4.78, 5) is 25.5. The highest BCUT2D eigenvalue weighted by atomic mass is 35.5. The van der Waals surface area contributed by atoms with Crippen LogP contribution in [-0.2, 0) is 4.79 Å². The summed E-state index contributed by atoms with van der Waals surface area (Å²) in [6.45, 7) is 0. The van der Waals surface area contributed by atoms with Crippen molar-refractivity contribution in [3.63, 3.8) is 0 Å². The Bertz CT molecular complexity index is 785. The molecule has 0 aromatic heterocycles. The second-order valence-electron chi connectivity index (χ2n) is 4.63. The normalized spacial score (nSPS) is 16.3. The third-order valence-corrected chi connectivity index (χ3v) is 3.76. The molecule has 3 amide bonds. The van der Waals surface area contributed by atoms with Gasteiger partial charge in [0.15, 0.2) is 0 Å². The molecule has 1 aliphatic heterocycles. The number of nitrogens with zero attached hydrogens (tertiary/aromatic N) is 1. The first-order valence-corrected chi connectivity index (χ1v) is 7.19. The van der Waals surface area contributed by atoms with Crippen molar-refractivity contribution in [2.45, 2.75) is 0 Å². The van der Waals surface area contributed by atoms with E-state index in [9.17, 15) is 9.59 Å². The van der Waals surface area contributed by atoms with E-state index in [0.29, 0.717) is 21.3 Å². The van der Waals surface area contributed by atoms with E-state index < -0.39 is 11.9 Å². The molecule has 22 heavy (non-hydrogen) atoms. The Morgan fingerprint density at radius 1 is 0.955 bits per heavy atom. The van der Waals surface area contributed by atoms with Crippen LogP contribution in [0.15, 0.2) is 54.2 Å². The lowest BCUT2D eigenvalue weighted by atomic mass is 10.2. The molecule has 6 heteroatoms. The number of hydrogen-bond acceptors (Lipinski definition) is 2. The van der Waals surface area contributed by atoms with Crippen molar-refractivity contribution in [1.82, 2.24) is 5.32 Å². The average molecular weight is 333 g/mol. The summed E-state index contributed by atoms with van der Waals surface area (Å²) in [5.41, 5.74) is 1.29. The lowest BCUT2D eigenvalue weighted by molar-refractivity contribution is -0.113. The number of amides is 3. The molecular formula is C16H10Cl2N2O2. The van der Waals surface area contributed by atoms with Crippen molar-refractivity contribution in [3.8, 4) is 0 Å². The van der Waals surface area contributed by atoms with Gasteiger partial charge in [-0.15, -0.1) is 0 Å². The van der Waals surface area contributed by atoms with Crippen LogP contribution in [0.4, 0.5) is 10.5 Å². The maximum atomic E-state index is 12.4. The zero-order chi connectivity index (χ0) is 15.7. The molecule has 110 valence electrons. The van der Waals surface area contributed by atoms with Crippen molar-refractivity contribution in [2.75, 3.05) is 4.90 Å². The molecule has 0 atom stereocenters. The first kappa shape index (κ1) is 14.6. The van der Waals surface area contributed by atoms with Crippen molar-refractivity contribution >= 4 is 46.9 Å². The molecule has 0 saturated carbocycles. The minimum absolute atomic E-state index is 0.174. The fraction of sp³-hybridized carbons (Fsp3) is 0. The summed E-state index contributed by atoms with van der Waals surface area (Å²) >= 11 is 11.9. The number of anilines is 1. The number of halogens is 2. The summed E-state index contributed by atoms with van der Waals surface area (Å²) in [5.74, 6) is -0.438. The average Bonchev–Trinajstić information content (AvgIpc) is 2.77. The van der Waals surface area contributed by atoms with Crippen molar-refractivity contribution < 1.29 is 9.59 Å². The molecule has 0 spiro atoms. The fourth-order valence-corrected chi connectivity index (χ4v) is 2.42. The third-order valence-electron chi connectivity index (χ3n) is 3.17. The predicted molar refractivity (Wildman–Crippen MR) is 86.9 cm³/mol. The van der Waals surface area contributed by atoms with E-state index in [1.165, 1.54) is 0 Å². The summed E-state index contributed by atoms with van der Waals surface area (Å²) < 4.78 is 0. The molecule has 0 bridgehead atoms. The number of benzene rings is 2. The third kappa shape index (κ3) is 2.71. The second-order valence-corrected chi connectivity index (χ2v) is 5.47. The van der Waals surface area contributed by atoms with E-state index >= 15 is 0 Å². The largest absolute Gasteiger partial charge is 0.333 e. The maximum Gasteiger partial charge on any atom is 0.333 e. The fourth-order valence-electron chi connectivity index (χ4n) is 2.11. The Morgan fingerprint density at radius 3 is 2.32 bits per heavy atom. The molecule has 1 heterocycles. The Labute approximate surface area is 136 Å². The molecule has 2 aromatic carbocycles. The minimum atomic E-state index is -0.509. The van der Waals surface area contributed by atoms with Crippen molar-refractivity contribution in [3.05, 3.63) is 69.8 Å². The smallest absolute Gasteiger partial charge is 0.302 e. The van der Waals surface area contributed by atoms with Gasteiger partial charge in [0.25, 0.3) is 5.91 Å². The van der Waals surface area contributed by atoms with Gasteiger partial charge < -0.3 is 5.32 Å². The van der Waals surface area contributed by atoms with Crippen molar-refractivity contribution in [2.24, 2.45) is 0 Å². The summed E-state index contributed by atoms with van der Waals surface area (Å²) in [5, 5.41) is 3.58. The molecule has 1 aliphatic rings. The van der Waals surface area contributed by atoms with Crippen LogP contribution in [0, 0.1) is 0 Å². The van der Waals surface area contributed by atoms with Gasteiger partial charge in [-0.3, -0.25) is 4.79 Å². The number of urea groups is 1. The number of carbonyl (C=O) groups is 2. The quantitative estimate of drug-likeness (QED) is 0.665. The van der Waals surface area contributed by atoms with E-state index in [2.05, 4.69) is 5.32 Å². The van der Waals surface area contributed by atoms with Crippen LogP contribution < -0.4 is 10.2 Å². The van der Waals surface area contributed by atoms with Crippen LogP contribution in [-0.4, -0.2) is 11.9 Å². The first-order valence-electron chi connectivity index (χ1n) is 6.43. The van der Waals surface area contributed by atoms with Crippen LogP contribution in [0.25, 0.3) is 6.08 Å². The monoisotopic (exact) mass is 332 g/mol. The highest BCUT2D eigenvalue weighted by molar-refractivity contribution is 6.33. The van der Waals surface area contributed by atoms with Gasteiger partial charge in [0.05, 0.1) is 5.69 Å². The maximum absolute atomic E-state index is 12.4. The summed E-state index contributed by atoms with van der Waals surface area (Å²) in [6, 6.07) is 13.0. The predicted octanol–water partition coefficient (Wildman–Crippen LogP) is 4.09. The van der Waals surface area contributed by atoms with E-state index in [0.717, 1.165) is 4.90 Å². The lowest BCUT2D eigenvalue weighted by Crippen LogP contribution is -2.30. The van der Waals surface area contributed by atoms with Gasteiger partial charge >= 0.3 is 6.03 Å². The van der Waals surface area contributed by atoms with Crippen LogP contribution >= 0.6 is 23.2 Å². The second kappa shape index (κ2) is 5.83. The van der Waals surface area contributed by atoms with E-state index in [4.69, 9.17) is 23.2 Å². The van der Waals surface area contributed by atoms with Gasteiger partial charge in [-0.2, -0.15) is 0 Å². The van der Waals surface area contributed by atoms with Gasteiger partial charge in [-0.05, 0) is 42.0 Å². The number of carbonyl (C=O) groups excluding carboxylic acids is 2. The van der Waals surface area contributed by atoms with Crippen LogP contribution in [0.5, 0.6) is 0 Å². The Morgan fingerprint density at radius 2 is 1.64 bits per heavy atom. The van der Waals surface area contributed by atoms with E-state index in [1.807, 2.05) is 0 Å².